The number of rotatable bonds is 3. The summed E-state index contributed by atoms with van der Waals surface area (Å²) in [5.41, 5.74) is -0.380. The molecule has 0 radical (unpaired) electrons. The van der Waals surface area contributed by atoms with Crippen LogP contribution >= 0.6 is 0 Å². The van der Waals surface area contributed by atoms with Crippen LogP contribution in [-0.4, -0.2) is 55.7 Å². The zero-order valence-corrected chi connectivity index (χ0v) is 10.9. The summed E-state index contributed by atoms with van der Waals surface area (Å²) in [4.78, 5) is 14.8. The third-order valence-corrected chi connectivity index (χ3v) is 3.94. The number of carbonyl (C=O) groups excluding carboxylic acids is 1. The van der Waals surface area contributed by atoms with Crippen molar-refractivity contribution in [2.45, 2.75) is 32.2 Å². The van der Waals surface area contributed by atoms with Crippen molar-refractivity contribution in [2.24, 2.45) is 5.92 Å². The quantitative estimate of drug-likeness (QED) is 0.741. The fraction of sp³-hybridized carbons (Fsp3) is 0.923. The normalized spacial score (nSPS) is 28.0. The highest BCUT2D eigenvalue weighted by atomic mass is 16.5. The van der Waals surface area contributed by atoms with Crippen LogP contribution in [0.2, 0.25) is 0 Å². The van der Waals surface area contributed by atoms with Crippen LogP contribution in [0.1, 0.15) is 26.7 Å². The van der Waals surface area contributed by atoms with Crippen LogP contribution in [0, 0.1) is 5.92 Å². The molecule has 2 heterocycles. The van der Waals surface area contributed by atoms with E-state index in [1.54, 1.807) is 0 Å². The maximum absolute atomic E-state index is 12.6. The van der Waals surface area contributed by atoms with Gasteiger partial charge >= 0.3 is 0 Å². The number of hydrogen-bond acceptors (Lipinski definition) is 4. The first kappa shape index (κ1) is 13.0. The average Bonchev–Trinajstić information content (AvgIpc) is 2.40. The molecule has 0 N–H and O–H groups in total. The lowest BCUT2D eigenvalue weighted by Gasteiger charge is -2.41. The fourth-order valence-corrected chi connectivity index (χ4v) is 2.73. The lowest BCUT2D eigenvalue weighted by Crippen LogP contribution is -2.56. The Labute approximate surface area is 103 Å². The molecular weight excluding hydrogens is 218 g/mol. The summed E-state index contributed by atoms with van der Waals surface area (Å²) in [5, 5.41) is 0. The molecule has 0 spiro atoms. The highest BCUT2D eigenvalue weighted by Crippen LogP contribution is 2.25. The molecule has 0 bridgehead atoms. The lowest BCUT2D eigenvalue weighted by atomic mass is 9.84. The molecule has 4 nitrogen and oxygen atoms in total. The standard InChI is InChI=1S/C13H23NO3/c1-13(2,14-5-8-16-9-6-14)12(15)11-4-3-7-17-10-11/h11H,3-10H2,1-2H3. The van der Waals surface area contributed by atoms with Gasteiger partial charge in [-0.15, -0.1) is 0 Å². The van der Waals surface area contributed by atoms with Crippen molar-refractivity contribution < 1.29 is 14.3 Å². The summed E-state index contributed by atoms with van der Waals surface area (Å²) in [6.07, 6.45) is 1.99. The van der Waals surface area contributed by atoms with Crippen molar-refractivity contribution in [3.63, 3.8) is 0 Å². The average molecular weight is 241 g/mol. The minimum absolute atomic E-state index is 0.0848. The third kappa shape index (κ3) is 2.87. The van der Waals surface area contributed by atoms with E-state index in [2.05, 4.69) is 4.90 Å². The molecule has 17 heavy (non-hydrogen) atoms. The Kier molecular flexibility index (Phi) is 4.17. The molecule has 0 aromatic rings. The number of morpholine rings is 1. The summed E-state index contributed by atoms with van der Waals surface area (Å²) in [6.45, 7) is 8.66. The van der Waals surface area contributed by atoms with E-state index in [9.17, 15) is 4.79 Å². The van der Waals surface area contributed by atoms with E-state index in [-0.39, 0.29) is 11.5 Å². The summed E-state index contributed by atoms with van der Waals surface area (Å²) in [5.74, 6) is 0.417. The number of Topliss-reactive ketones (excluding diaryl/α,β-unsaturated/α-hetero) is 1. The van der Waals surface area contributed by atoms with Gasteiger partial charge < -0.3 is 9.47 Å². The Balaban J connectivity index is 1.99. The van der Waals surface area contributed by atoms with Crippen molar-refractivity contribution in [2.75, 3.05) is 39.5 Å². The monoisotopic (exact) mass is 241 g/mol. The van der Waals surface area contributed by atoms with E-state index in [1.807, 2.05) is 13.8 Å². The highest BCUT2D eigenvalue weighted by Gasteiger charge is 2.39. The van der Waals surface area contributed by atoms with Gasteiger partial charge in [0, 0.05) is 25.6 Å². The smallest absolute Gasteiger partial charge is 0.157 e. The molecule has 2 fully saturated rings. The molecule has 2 rings (SSSR count). The van der Waals surface area contributed by atoms with Gasteiger partial charge in [0.1, 0.15) is 0 Å². The van der Waals surface area contributed by atoms with E-state index in [0.717, 1.165) is 45.8 Å². The third-order valence-electron chi connectivity index (χ3n) is 3.94. The molecule has 2 aliphatic heterocycles. The predicted octanol–water partition coefficient (Wildman–Crippen LogP) is 1.09. The zero-order chi connectivity index (χ0) is 12.3. The second-order valence-electron chi connectivity index (χ2n) is 5.44. The highest BCUT2D eigenvalue weighted by molar-refractivity contribution is 5.89. The van der Waals surface area contributed by atoms with Crippen LogP contribution in [0.15, 0.2) is 0 Å². The van der Waals surface area contributed by atoms with Gasteiger partial charge in [0.05, 0.1) is 25.4 Å². The molecule has 2 saturated heterocycles. The van der Waals surface area contributed by atoms with Crippen LogP contribution in [0.5, 0.6) is 0 Å². The number of ether oxygens (including phenoxy) is 2. The number of ketones is 1. The fourth-order valence-electron chi connectivity index (χ4n) is 2.73. The van der Waals surface area contributed by atoms with Crippen LogP contribution < -0.4 is 0 Å². The Morgan fingerprint density at radius 2 is 1.88 bits per heavy atom. The van der Waals surface area contributed by atoms with Crippen molar-refractivity contribution in [1.82, 2.24) is 4.90 Å². The van der Waals surface area contributed by atoms with E-state index in [0.29, 0.717) is 12.4 Å². The van der Waals surface area contributed by atoms with Crippen molar-refractivity contribution >= 4 is 5.78 Å². The Hall–Kier alpha value is -0.450. The Bertz CT molecular complexity index is 266. The van der Waals surface area contributed by atoms with Crippen LogP contribution in [0.4, 0.5) is 0 Å². The van der Waals surface area contributed by atoms with Crippen LogP contribution in [0.25, 0.3) is 0 Å². The SMILES string of the molecule is CC(C)(C(=O)C1CCCOC1)N1CCOCC1. The first-order valence-electron chi connectivity index (χ1n) is 6.57. The summed E-state index contributed by atoms with van der Waals surface area (Å²) < 4.78 is 10.8. The molecule has 2 aliphatic rings. The number of hydrogen-bond donors (Lipinski definition) is 0. The molecule has 1 atom stereocenters. The van der Waals surface area contributed by atoms with Gasteiger partial charge in [0.2, 0.25) is 0 Å². The van der Waals surface area contributed by atoms with Crippen LogP contribution in [-0.2, 0) is 14.3 Å². The van der Waals surface area contributed by atoms with E-state index in [1.165, 1.54) is 0 Å². The summed E-state index contributed by atoms with van der Waals surface area (Å²) >= 11 is 0. The van der Waals surface area contributed by atoms with Gasteiger partial charge in [-0.1, -0.05) is 0 Å². The Morgan fingerprint density at radius 3 is 2.47 bits per heavy atom. The minimum atomic E-state index is -0.380. The van der Waals surface area contributed by atoms with Gasteiger partial charge in [0.15, 0.2) is 5.78 Å². The summed E-state index contributed by atoms with van der Waals surface area (Å²) in [6, 6.07) is 0. The second-order valence-corrected chi connectivity index (χ2v) is 5.44. The molecule has 0 aliphatic carbocycles. The van der Waals surface area contributed by atoms with Crippen molar-refractivity contribution in [1.29, 1.82) is 0 Å². The van der Waals surface area contributed by atoms with Gasteiger partial charge in [-0.2, -0.15) is 0 Å². The lowest BCUT2D eigenvalue weighted by molar-refractivity contribution is -0.140. The first-order valence-corrected chi connectivity index (χ1v) is 6.57. The van der Waals surface area contributed by atoms with E-state index in [4.69, 9.17) is 9.47 Å². The number of carbonyl (C=O) groups is 1. The van der Waals surface area contributed by atoms with Crippen molar-refractivity contribution in [3.8, 4) is 0 Å². The topological polar surface area (TPSA) is 38.8 Å². The van der Waals surface area contributed by atoms with E-state index >= 15 is 0 Å². The molecule has 0 aromatic heterocycles. The van der Waals surface area contributed by atoms with Gasteiger partial charge in [-0.3, -0.25) is 9.69 Å². The molecule has 4 heteroatoms. The maximum atomic E-state index is 12.6. The zero-order valence-electron chi connectivity index (χ0n) is 10.9. The first-order chi connectivity index (χ1) is 8.12. The molecule has 98 valence electrons. The molecule has 1 unspecified atom stereocenters. The summed E-state index contributed by atoms with van der Waals surface area (Å²) in [7, 11) is 0. The maximum Gasteiger partial charge on any atom is 0.157 e. The second kappa shape index (κ2) is 5.46. The van der Waals surface area contributed by atoms with Gasteiger partial charge in [0.25, 0.3) is 0 Å². The molecule has 0 amide bonds. The largest absolute Gasteiger partial charge is 0.381 e. The molecule has 0 saturated carbocycles. The number of nitrogens with zero attached hydrogens (tertiary/aromatic N) is 1. The van der Waals surface area contributed by atoms with Gasteiger partial charge in [-0.25, -0.2) is 0 Å². The minimum Gasteiger partial charge on any atom is -0.381 e. The van der Waals surface area contributed by atoms with E-state index < -0.39 is 0 Å². The molecule has 0 aromatic carbocycles. The predicted molar refractivity (Wildman–Crippen MR) is 65.0 cm³/mol. The Morgan fingerprint density at radius 1 is 1.18 bits per heavy atom. The van der Waals surface area contributed by atoms with Crippen LogP contribution in [0.3, 0.4) is 0 Å². The van der Waals surface area contributed by atoms with Crippen molar-refractivity contribution in [3.05, 3.63) is 0 Å². The van der Waals surface area contributed by atoms with Gasteiger partial charge in [-0.05, 0) is 26.7 Å². The molecular formula is C13H23NO3.